The maximum absolute atomic E-state index is 4.01. The van der Waals surface area contributed by atoms with E-state index in [1.165, 1.54) is 61.4 Å². The van der Waals surface area contributed by atoms with Crippen molar-refractivity contribution in [3.05, 3.63) is 101 Å². The third-order valence-corrected chi connectivity index (χ3v) is 10.5. The first-order chi connectivity index (χ1) is 18.5. The zero-order valence-corrected chi connectivity index (χ0v) is 25.5. The van der Waals surface area contributed by atoms with E-state index in [0.29, 0.717) is 6.71 Å². The first-order valence-electron chi connectivity index (χ1n) is 14.4. The van der Waals surface area contributed by atoms with Crippen LogP contribution in [0.1, 0.15) is 76.6 Å². The average molecular weight is 533 g/mol. The Labute approximate surface area is 239 Å². The number of anilines is 2. The summed E-state index contributed by atoms with van der Waals surface area (Å²) in [4.78, 5) is 4.91. The fourth-order valence-electron chi connectivity index (χ4n) is 6.90. The van der Waals surface area contributed by atoms with E-state index in [-0.39, 0.29) is 10.8 Å². The van der Waals surface area contributed by atoms with Crippen LogP contribution < -0.4 is 14.6 Å². The molecule has 0 N–H and O–H groups in total. The third kappa shape index (κ3) is 4.23. The number of benzene rings is 2. The highest BCUT2D eigenvalue weighted by Gasteiger charge is 2.40. The van der Waals surface area contributed by atoms with Crippen LogP contribution in [0.2, 0.25) is 0 Å². The molecule has 0 radical (unpaired) electrons. The fraction of sp³-hybridized carbons (Fsp3) is 0.371. The standard InChI is InChI=1S/C35H41BN2S/c1-9-11-25-13-12-23(3)17-30(25)38-22-26-21-37(16-10-2)32-27-18-28-29(35(7,8)15-14-34(28,5)6)19-31(27)39-33(32)36(26)20-24(38)4/h9-10,12-13,16-20,22H,1,11,14-15,21H2,2-8H3/b16-10+. The minimum atomic E-state index is 0.206. The summed E-state index contributed by atoms with van der Waals surface area (Å²) in [7, 11) is 0. The lowest BCUT2D eigenvalue weighted by Gasteiger charge is -2.42. The quantitative estimate of drug-likeness (QED) is 0.245. The molecule has 1 aliphatic carbocycles. The summed E-state index contributed by atoms with van der Waals surface area (Å²) in [5.74, 6) is 2.50. The molecule has 2 aromatic carbocycles. The molecule has 0 atom stereocenters. The van der Waals surface area contributed by atoms with E-state index in [9.17, 15) is 0 Å². The molecular weight excluding hydrogens is 491 g/mol. The van der Waals surface area contributed by atoms with Gasteiger partial charge in [0.2, 0.25) is 0 Å². The van der Waals surface area contributed by atoms with Crippen molar-refractivity contribution in [2.45, 2.75) is 78.6 Å². The monoisotopic (exact) mass is 532 g/mol. The largest absolute Gasteiger partial charge is 0.344 e. The van der Waals surface area contributed by atoms with Crippen molar-refractivity contribution in [2.24, 2.45) is 0 Å². The van der Waals surface area contributed by atoms with E-state index in [1.54, 1.807) is 11.1 Å². The van der Waals surface area contributed by atoms with Gasteiger partial charge in [-0.25, -0.2) is 0 Å². The second-order valence-corrected chi connectivity index (χ2v) is 14.2. The van der Waals surface area contributed by atoms with Gasteiger partial charge < -0.3 is 9.80 Å². The van der Waals surface area contributed by atoms with Crippen LogP contribution in [0.15, 0.2) is 78.6 Å². The molecule has 0 saturated carbocycles. The topological polar surface area (TPSA) is 6.48 Å². The summed E-state index contributed by atoms with van der Waals surface area (Å²) >= 11 is 2.01. The van der Waals surface area contributed by atoms with E-state index in [0.717, 1.165) is 13.0 Å². The van der Waals surface area contributed by atoms with Crippen LogP contribution in [-0.2, 0) is 17.3 Å². The first kappa shape index (κ1) is 26.3. The first-order valence-corrected chi connectivity index (χ1v) is 15.3. The molecule has 0 amide bonds. The number of hydrogen-bond donors (Lipinski definition) is 0. The molecule has 0 fully saturated rings. The highest BCUT2D eigenvalue weighted by Crippen LogP contribution is 2.49. The molecule has 3 aliphatic rings. The van der Waals surface area contributed by atoms with Gasteiger partial charge in [-0.05, 0) is 91.3 Å². The van der Waals surface area contributed by atoms with Gasteiger partial charge in [0.05, 0.1) is 5.69 Å². The smallest absolute Gasteiger partial charge is 0.250 e. The predicted molar refractivity (Wildman–Crippen MR) is 174 cm³/mol. The minimum Gasteiger partial charge on any atom is -0.344 e. The Bertz CT molecular complexity index is 1580. The summed E-state index contributed by atoms with van der Waals surface area (Å²) in [5.41, 5.74) is 11.6. The van der Waals surface area contributed by atoms with Crippen molar-refractivity contribution in [3.8, 4) is 0 Å². The lowest BCUT2D eigenvalue weighted by atomic mass is 9.40. The lowest BCUT2D eigenvalue weighted by Crippen LogP contribution is -2.46. The van der Waals surface area contributed by atoms with Crippen molar-refractivity contribution in [1.82, 2.24) is 0 Å². The second kappa shape index (κ2) is 9.30. The maximum Gasteiger partial charge on any atom is 0.250 e. The van der Waals surface area contributed by atoms with Crippen molar-refractivity contribution in [3.63, 3.8) is 0 Å². The number of allylic oxidation sites excluding steroid dienone is 3. The van der Waals surface area contributed by atoms with Gasteiger partial charge >= 0.3 is 0 Å². The summed E-state index contributed by atoms with van der Waals surface area (Å²) in [5, 5.41) is 1.43. The number of fused-ring (bicyclic) bond motifs is 6. The SMILES string of the molecule is C=CCc1ccc(C)cc1N1C=C2CN(/C=C/C)c3c(sc4cc5c(cc34)C(C)(C)CCC5(C)C)B2C=C1C. The van der Waals surface area contributed by atoms with Crippen LogP contribution in [-0.4, -0.2) is 13.3 Å². The second-order valence-electron chi connectivity index (χ2n) is 13.1. The third-order valence-electron chi connectivity index (χ3n) is 9.26. The number of nitrogens with zero attached hydrogens (tertiary/aromatic N) is 2. The molecule has 200 valence electrons. The van der Waals surface area contributed by atoms with Gasteiger partial charge in [0, 0.05) is 45.2 Å². The molecule has 0 saturated heterocycles. The lowest BCUT2D eigenvalue weighted by molar-refractivity contribution is 0.332. The fourth-order valence-corrected chi connectivity index (χ4v) is 8.25. The molecule has 3 aromatic rings. The summed E-state index contributed by atoms with van der Waals surface area (Å²) in [6.45, 7) is 21.5. The van der Waals surface area contributed by atoms with Gasteiger partial charge in [-0.15, -0.1) is 17.9 Å². The number of aryl methyl sites for hydroxylation is 1. The van der Waals surface area contributed by atoms with Crippen LogP contribution in [0.4, 0.5) is 11.4 Å². The van der Waals surface area contributed by atoms with Crippen molar-refractivity contribution in [2.75, 3.05) is 16.3 Å². The molecule has 39 heavy (non-hydrogen) atoms. The number of hydrogen-bond acceptors (Lipinski definition) is 3. The van der Waals surface area contributed by atoms with Crippen LogP contribution >= 0.6 is 11.3 Å². The van der Waals surface area contributed by atoms with Gasteiger partial charge in [0.15, 0.2) is 0 Å². The van der Waals surface area contributed by atoms with Gasteiger partial charge in [0.1, 0.15) is 0 Å². The van der Waals surface area contributed by atoms with E-state index in [2.05, 4.69) is 120 Å². The Morgan fingerprint density at radius 1 is 1.03 bits per heavy atom. The highest BCUT2D eigenvalue weighted by molar-refractivity contribution is 7.31. The Kier molecular flexibility index (Phi) is 6.26. The van der Waals surface area contributed by atoms with Crippen LogP contribution in [0.5, 0.6) is 0 Å². The van der Waals surface area contributed by atoms with Crippen LogP contribution in [0, 0.1) is 6.92 Å². The molecule has 6 rings (SSSR count). The van der Waals surface area contributed by atoms with E-state index < -0.39 is 0 Å². The Morgan fingerprint density at radius 3 is 2.44 bits per heavy atom. The molecule has 0 bridgehead atoms. The number of rotatable bonds is 4. The van der Waals surface area contributed by atoms with Gasteiger partial charge in [-0.2, -0.15) is 0 Å². The molecule has 3 heterocycles. The Morgan fingerprint density at radius 2 is 1.74 bits per heavy atom. The van der Waals surface area contributed by atoms with Crippen molar-refractivity contribution in [1.29, 1.82) is 0 Å². The highest BCUT2D eigenvalue weighted by atomic mass is 32.1. The van der Waals surface area contributed by atoms with Gasteiger partial charge in [0.25, 0.3) is 6.71 Å². The zero-order chi connectivity index (χ0) is 27.7. The zero-order valence-electron chi connectivity index (χ0n) is 24.7. The molecule has 2 aliphatic heterocycles. The van der Waals surface area contributed by atoms with Gasteiger partial charge in [-0.1, -0.05) is 63.4 Å². The summed E-state index contributed by atoms with van der Waals surface area (Å²) in [6, 6.07) is 11.9. The van der Waals surface area contributed by atoms with E-state index >= 15 is 0 Å². The molecule has 0 unspecified atom stereocenters. The Balaban J connectivity index is 1.53. The van der Waals surface area contributed by atoms with Crippen LogP contribution in [0.25, 0.3) is 10.1 Å². The summed E-state index contributed by atoms with van der Waals surface area (Å²) in [6.07, 6.45) is 12.2. The predicted octanol–water partition coefficient (Wildman–Crippen LogP) is 8.73. The van der Waals surface area contributed by atoms with Crippen molar-refractivity contribution >= 4 is 44.3 Å². The molecule has 4 heteroatoms. The van der Waals surface area contributed by atoms with Gasteiger partial charge in [-0.3, -0.25) is 0 Å². The maximum atomic E-state index is 4.01. The Hall–Kier alpha value is -2.98. The van der Waals surface area contributed by atoms with E-state index in [4.69, 9.17) is 0 Å². The molecule has 0 spiro atoms. The summed E-state index contributed by atoms with van der Waals surface area (Å²) < 4.78 is 2.91. The number of thiophene rings is 1. The van der Waals surface area contributed by atoms with Crippen LogP contribution in [0.3, 0.4) is 0 Å². The molecular formula is C35H41BN2S. The molecule has 2 nitrogen and oxygen atoms in total. The minimum absolute atomic E-state index is 0.206. The van der Waals surface area contributed by atoms with E-state index in [1.807, 2.05) is 17.4 Å². The molecule has 1 aromatic heterocycles. The average Bonchev–Trinajstić information content (AvgIpc) is 3.27. The van der Waals surface area contributed by atoms with Crippen molar-refractivity contribution < 1.29 is 0 Å². The normalized spacial score (nSPS) is 19.5.